The highest BCUT2D eigenvalue weighted by Crippen LogP contribution is 2.29. The number of carbonyl (C=O) groups is 2. The Hall–Kier alpha value is -1.82. The Bertz CT molecular complexity index is 766. The normalized spacial score (nSPS) is 12.2. The van der Waals surface area contributed by atoms with E-state index in [2.05, 4.69) is 5.32 Å². The van der Waals surface area contributed by atoms with Crippen LogP contribution in [0.5, 0.6) is 0 Å². The van der Waals surface area contributed by atoms with Crippen molar-refractivity contribution in [3.63, 3.8) is 0 Å². The third kappa shape index (κ3) is 4.84. The topological polar surface area (TPSA) is 55.4 Å². The minimum atomic E-state index is -0.987. The summed E-state index contributed by atoms with van der Waals surface area (Å²) >= 11 is 13.5. The fraction of sp³-hybridized carbons (Fsp3) is 0.176. The van der Waals surface area contributed by atoms with Gasteiger partial charge >= 0.3 is 5.97 Å². The Labute approximate surface area is 154 Å². The van der Waals surface area contributed by atoms with Gasteiger partial charge < -0.3 is 10.1 Å². The van der Waals surface area contributed by atoms with E-state index in [9.17, 15) is 9.59 Å². The zero-order valence-electron chi connectivity index (χ0n) is 13.0. The number of aryl methyl sites for hydroxylation is 1. The van der Waals surface area contributed by atoms with Crippen LogP contribution in [0.15, 0.2) is 35.7 Å². The van der Waals surface area contributed by atoms with Crippen LogP contribution in [0, 0.1) is 6.92 Å². The van der Waals surface area contributed by atoms with E-state index in [-0.39, 0.29) is 0 Å². The maximum Gasteiger partial charge on any atom is 0.331 e. The molecule has 0 saturated carbocycles. The highest BCUT2D eigenvalue weighted by Gasteiger charge is 2.19. The van der Waals surface area contributed by atoms with Crippen LogP contribution in [0.1, 0.15) is 17.4 Å². The predicted molar refractivity (Wildman–Crippen MR) is 98.7 cm³/mol. The molecule has 1 aromatic heterocycles. The van der Waals surface area contributed by atoms with E-state index >= 15 is 0 Å². The second-order valence-corrected chi connectivity index (χ2v) is 6.73. The van der Waals surface area contributed by atoms with Gasteiger partial charge in [-0.05, 0) is 49.1 Å². The summed E-state index contributed by atoms with van der Waals surface area (Å²) in [4.78, 5) is 24.9. The summed E-state index contributed by atoms with van der Waals surface area (Å²) in [5.41, 5.74) is 1.36. The van der Waals surface area contributed by atoms with Crippen LogP contribution in [-0.2, 0) is 14.3 Å². The van der Waals surface area contributed by atoms with Gasteiger partial charge in [0.15, 0.2) is 6.10 Å². The highest BCUT2D eigenvalue weighted by atomic mass is 35.5. The van der Waals surface area contributed by atoms with Gasteiger partial charge in [-0.25, -0.2) is 4.79 Å². The summed E-state index contributed by atoms with van der Waals surface area (Å²) < 4.78 is 5.08. The number of benzene rings is 1. The molecule has 0 bridgehead atoms. The SMILES string of the molecule is Cc1ccsc1/C=C/C(=O)O[C@H](C)C(=O)Nc1c(Cl)cccc1Cl. The van der Waals surface area contributed by atoms with Crippen LogP contribution >= 0.6 is 34.5 Å². The molecule has 1 atom stereocenters. The van der Waals surface area contributed by atoms with E-state index in [1.807, 2.05) is 18.4 Å². The molecule has 4 nitrogen and oxygen atoms in total. The second kappa shape index (κ2) is 8.33. The molecule has 0 radical (unpaired) electrons. The number of hydrogen-bond donors (Lipinski definition) is 1. The van der Waals surface area contributed by atoms with Crippen molar-refractivity contribution in [2.45, 2.75) is 20.0 Å². The molecular weight excluding hydrogens is 369 g/mol. The third-order valence-electron chi connectivity index (χ3n) is 3.15. The molecule has 126 valence electrons. The van der Waals surface area contributed by atoms with Crippen LogP contribution in [0.2, 0.25) is 10.0 Å². The molecule has 2 aromatic rings. The van der Waals surface area contributed by atoms with Crippen molar-refractivity contribution in [2.75, 3.05) is 5.32 Å². The molecule has 0 aliphatic carbocycles. The van der Waals surface area contributed by atoms with Gasteiger partial charge in [0.25, 0.3) is 5.91 Å². The van der Waals surface area contributed by atoms with E-state index in [1.165, 1.54) is 24.3 Å². The highest BCUT2D eigenvalue weighted by molar-refractivity contribution is 7.11. The van der Waals surface area contributed by atoms with Crippen LogP contribution in [0.4, 0.5) is 5.69 Å². The summed E-state index contributed by atoms with van der Waals surface area (Å²) in [6.07, 6.45) is 1.97. The molecule has 0 aliphatic rings. The quantitative estimate of drug-likeness (QED) is 0.586. The second-order valence-electron chi connectivity index (χ2n) is 4.97. The number of nitrogens with one attached hydrogen (secondary N) is 1. The summed E-state index contributed by atoms with van der Waals surface area (Å²) in [6, 6.07) is 6.83. The molecule has 24 heavy (non-hydrogen) atoms. The zero-order chi connectivity index (χ0) is 17.7. The van der Waals surface area contributed by atoms with Gasteiger partial charge in [-0.3, -0.25) is 4.79 Å². The molecule has 1 amide bonds. The first-order chi connectivity index (χ1) is 11.4. The maximum atomic E-state index is 12.1. The smallest absolute Gasteiger partial charge is 0.331 e. The van der Waals surface area contributed by atoms with Gasteiger partial charge in [-0.15, -0.1) is 11.3 Å². The van der Waals surface area contributed by atoms with E-state index in [1.54, 1.807) is 24.3 Å². The summed E-state index contributed by atoms with van der Waals surface area (Å²) in [5.74, 6) is -1.12. The van der Waals surface area contributed by atoms with Gasteiger partial charge in [0.2, 0.25) is 0 Å². The molecule has 1 N–H and O–H groups in total. The van der Waals surface area contributed by atoms with Gasteiger partial charge in [0, 0.05) is 11.0 Å². The molecule has 0 aliphatic heterocycles. The van der Waals surface area contributed by atoms with Crippen molar-refractivity contribution in [2.24, 2.45) is 0 Å². The average Bonchev–Trinajstić information content (AvgIpc) is 2.94. The molecule has 0 spiro atoms. The van der Waals surface area contributed by atoms with Gasteiger partial charge in [0.05, 0.1) is 15.7 Å². The molecule has 1 aromatic carbocycles. The Balaban J connectivity index is 1.95. The lowest BCUT2D eigenvalue weighted by Gasteiger charge is -2.14. The van der Waals surface area contributed by atoms with Crippen molar-refractivity contribution < 1.29 is 14.3 Å². The standard InChI is InChI=1S/C17H15Cl2NO3S/c1-10-8-9-24-14(10)6-7-15(21)23-11(2)17(22)20-16-12(18)4-3-5-13(16)19/h3-9,11H,1-2H3,(H,20,22)/b7-6+/t11-/m1/s1. The van der Waals surface area contributed by atoms with Crippen molar-refractivity contribution in [3.05, 3.63) is 56.2 Å². The lowest BCUT2D eigenvalue weighted by Crippen LogP contribution is -2.29. The van der Waals surface area contributed by atoms with Crippen LogP contribution in [0.25, 0.3) is 6.08 Å². The van der Waals surface area contributed by atoms with E-state index < -0.39 is 18.0 Å². The van der Waals surface area contributed by atoms with Crippen molar-refractivity contribution in [1.82, 2.24) is 0 Å². The minimum Gasteiger partial charge on any atom is -0.449 e. The maximum absolute atomic E-state index is 12.1. The lowest BCUT2D eigenvalue weighted by molar-refractivity contribution is -0.148. The molecule has 7 heteroatoms. The number of hydrogen-bond acceptors (Lipinski definition) is 4. The number of esters is 1. The average molecular weight is 384 g/mol. The van der Waals surface area contributed by atoms with Crippen molar-refractivity contribution >= 4 is 58.2 Å². The Morgan fingerprint density at radius 2 is 1.92 bits per heavy atom. The van der Waals surface area contributed by atoms with Gasteiger partial charge in [0.1, 0.15) is 0 Å². The number of carbonyl (C=O) groups excluding carboxylic acids is 2. The first-order valence-corrected chi connectivity index (χ1v) is 8.69. The minimum absolute atomic E-state index is 0.290. The molecule has 1 heterocycles. The fourth-order valence-corrected chi connectivity index (χ4v) is 3.12. The Kier molecular flexibility index (Phi) is 6.43. The molecule has 0 unspecified atom stereocenters. The Morgan fingerprint density at radius 3 is 2.50 bits per heavy atom. The molecule has 0 fully saturated rings. The third-order valence-corrected chi connectivity index (χ3v) is 4.76. The van der Waals surface area contributed by atoms with Crippen LogP contribution in [-0.4, -0.2) is 18.0 Å². The number of rotatable bonds is 5. The number of halogens is 2. The van der Waals surface area contributed by atoms with E-state index in [0.29, 0.717) is 15.7 Å². The van der Waals surface area contributed by atoms with Crippen LogP contribution in [0.3, 0.4) is 0 Å². The molecule has 0 saturated heterocycles. The summed E-state index contributed by atoms with van der Waals surface area (Å²) in [5, 5.41) is 5.11. The van der Waals surface area contributed by atoms with Crippen molar-refractivity contribution in [1.29, 1.82) is 0 Å². The largest absolute Gasteiger partial charge is 0.449 e. The van der Waals surface area contributed by atoms with Crippen LogP contribution < -0.4 is 5.32 Å². The monoisotopic (exact) mass is 383 g/mol. The van der Waals surface area contributed by atoms with Crippen molar-refractivity contribution in [3.8, 4) is 0 Å². The number of ether oxygens (including phenoxy) is 1. The van der Waals surface area contributed by atoms with E-state index in [4.69, 9.17) is 27.9 Å². The van der Waals surface area contributed by atoms with Gasteiger partial charge in [-0.1, -0.05) is 29.3 Å². The fourth-order valence-electron chi connectivity index (χ4n) is 1.81. The predicted octanol–water partition coefficient (Wildman–Crippen LogP) is 4.95. The number of amides is 1. The number of para-hydroxylation sites is 1. The number of anilines is 1. The molecular formula is C17H15Cl2NO3S. The summed E-state index contributed by atoms with van der Waals surface area (Å²) in [7, 11) is 0. The Morgan fingerprint density at radius 1 is 1.25 bits per heavy atom. The van der Waals surface area contributed by atoms with E-state index in [0.717, 1.165) is 10.4 Å². The summed E-state index contributed by atoms with van der Waals surface area (Å²) in [6.45, 7) is 3.42. The van der Waals surface area contributed by atoms with Gasteiger partial charge in [-0.2, -0.15) is 0 Å². The zero-order valence-corrected chi connectivity index (χ0v) is 15.3. The first-order valence-electron chi connectivity index (χ1n) is 7.06. The number of thiophene rings is 1. The first kappa shape index (κ1) is 18.5. The molecule has 2 rings (SSSR count). The lowest BCUT2D eigenvalue weighted by atomic mass is 10.3.